The Kier molecular flexibility index (Phi) is 6.24. The summed E-state index contributed by atoms with van der Waals surface area (Å²) < 4.78 is 27.3. The molecule has 5 nitrogen and oxygen atoms in total. The molecule has 3 rings (SSSR count). The Morgan fingerprint density at radius 2 is 1.43 bits per heavy atom. The Balaban J connectivity index is 1.72. The molecule has 0 fully saturated rings. The first-order chi connectivity index (χ1) is 13.5. The number of amides is 1. The van der Waals surface area contributed by atoms with Crippen molar-refractivity contribution in [3.05, 3.63) is 107 Å². The smallest absolute Gasteiger partial charge is 0.255 e. The molecule has 0 unspecified atom stereocenters. The van der Waals surface area contributed by atoms with Crippen molar-refractivity contribution in [1.29, 1.82) is 0 Å². The third kappa shape index (κ3) is 5.56. The zero-order valence-corrected chi connectivity index (χ0v) is 15.9. The number of benzene rings is 3. The van der Waals surface area contributed by atoms with Crippen molar-refractivity contribution < 1.29 is 13.2 Å². The van der Waals surface area contributed by atoms with Crippen molar-refractivity contribution in [2.24, 2.45) is 0 Å². The first-order valence-electron chi connectivity index (χ1n) is 8.71. The van der Waals surface area contributed by atoms with Gasteiger partial charge in [0.05, 0.1) is 16.7 Å². The standard InChI is InChI=1S/C22H20N2O3S/c25-22(23-17-19-11-5-2-6-12-19)20-13-7-8-14-21(20)24-28(26,27)16-15-18-9-3-1-4-10-18/h1-16,24H,17H2,(H,23,25)/b16-15+. The van der Waals surface area contributed by atoms with Crippen LogP contribution in [0.25, 0.3) is 6.08 Å². The molecule has 0 saturated heterocycles. The maximum Gasteiger partial charge on any atom is 0.255 e. The van der Waals surface area contributed by atoms with Crippen LogP contribution in [-0.4, -0.2) is 14.3 Å². The van der Waals surface area contributed by atoms with Gasteiger partial charge in [-0.05, 0) is 29.3 Å². The fourth-order valence-electron chi connectivity index (χ4n) is 2.56. The number of para-hydroxylation sites is 1. The summed E-state index contributed by atoms with van der Waals surface area (Å²) in [5.41, 5.74) is 2.21. The normalized spacial score (nSPS) is 11.3. The Morgan fingerprint density at radius 1 is 0.821 bits per heavy atom. The predicted molar refractivity (Wildman–Crippen MR) is 112 cm³/mol. The molecule has 0 bridgehead atoms. The van der Waals surface area contributed by atoms with Crippen LogP contribution in [0.2, 0.25) is 0 Å². The van der Waals surface area contributed by atoms with Gasteiger partial charge in [0.1, 0.15) is 0 Å². The lowest BCUT2D eigenvalue weighted by Crippen LogP contribution is -2.24. The quantitative estimate of drug-likeness (QED) is 0.637. The highest BCUT2D eigenvalue weighted by molar-refractivity contribution is 7.95. The lowest BCUT2D eigenvalue weighted by atomic mass is 10.1. The summed E-state index contributed by atoms with van der Waals surface area (Å²) in [4.78, 5) is 12.5. The molecule has 0 aliphatic carbocycles. The average Bonchev–Trinajstić information content (AvgIpc) is 2.72. The third-order valence-corrected chi connectivity index (χ3v) is 4.96. The highest BCUT2D eigenvalue weighted by Crippen LogP contribution is 2.18. The molecule has 0 atom stereocenters. The SMILES string of the molecule is O=C(NCc1ccccc1)c1ccccc1NS(=O)(=O)/C=C/c1ccccc1. The van der Waals surface area contributed by atoms with E-state index in [1.807, 2.05) is 48.5 Å². The van der Waals surface area contributed by atoms with Crippen LogP contribution in [-0.2, 0) is 16.6 Å². The molecule has 0 aliphatic rings. The summed E-state index contributed by atoms with van der Waals surface area (Å²) in [5.74, 6) is -0.353. The van der Waals surface area contributed by atoms with Crippen LogP contribution in [0, 0.1) is 0 Å². The Labute approximate surface area is 164 Å². The number of carbonyl (C=O) groups is 1. The first-order valence-corrected chi connectivity index (χ1v) is 10.3. The molecule has 0 aliphatic heterocycles. The minimum absolute atomic E-state index is 0.228. The van der Waals surface area contributed by atoms with Crippen molar-refractivity contribution >= 4 is 27.7 Å². The Morgan fingerprint density at radius 3 is 2.14 bits per heavy atom. The highest BCUT2D eigenvalue weighted by atomic mass is 32.2. The van der Waals surface area contributed by atoms with Gasteiger partial charge in [-0.15, -0.1) is 0 Å². The van der Waals surface area contributed by atoms with Crippen LogP contribution < -0.4 is 10.0 Å². The predicted octanol–water partition coefficient (Wildman–Crippen LogP) is 4.03. The van der Waals surface area contributed by atoms with E-state index in [2.05, 4.69) is 10.0 Å². The summed E-state index contributed by atoms with van der Waals surface area (Å²) in [6, 6.07) is 25.1. The molecule has 3 aromatic rings. The molecule has 1 amide bonds. The molecule has 142 valence electrons. The maximum atomic E-state index is 12.5. The van der Waals surface area contributed by atoms with E-state index in [-0.39, 0.29) is 17.2 Å². The van der Waals surface area contributed by atoms with Gasteiger partial charge in [-0.1, -0.05) is 72.8 Å². The molecule has 0 aromatic heterocycles. The second-order valence-corrected chi connectivity index (χ2v) is 7.64. The van der Waals surface area contributed by atoms with Gasteiger partial charge >= 0.3 is 0 Å². The third-order valence-electron chi connectivity index (χ3n) is 3.96. The van der Waals surface area contributed by atoms with Crippen molar-refractivity contribution in [3.8, 4) is 0 Å². The number of sulfonamides is 1. The van der Waals surface area contributed by atoms with Gasteiger partial charge in [0.25, 0.3) is 15.9 Å². The van der Waals surface area contributed by atoms with E-state index >= 15 is 0 Å². The van der Waals surface area contributed by atoms with Gasteiger partial charge in [0.15, 0.2) is 0 Å². The molecule has 3 aromatic carbocycles. The van der Waals surface area contributed by atoms with Gasteiger partial charge < -0.3 is 5.32 Å². The molecular weight excluding hydrogens is 372 g/mol. The molecule has 0 radical (unpaired) electrons. The van der Waals surface area contributed by atoms with E-state index in [1.54, 1.807) is 36.4 Å². The van der Waals surface area contributed by atoms with Gasteiger partial charge in [-0.2, -0.15) is 0 Å². The fourth-order valence-corrected chi connectivity index (χ4v) is 3.45. The minimum Gasteiger partial charge on any atom is -0.348 e. The van der Waals surface area contributed by atoms with Crippen LogP contribution >= 0.6 is 0 Å². The number of carbonyl (C=O) groups excluding carboxylic acids is 1. The van der Waals surface area contributed by atoms with Crippen LogP contribution in [0.15, 0.2) is 90.3 Å². The van der Waals surface area contributed by atoms with E-state index < -0.39 is 10.0 Å². The van der Waals surface area contributed by atoms with Crippen molar-refractivity contribution in [2.45, 2.75) is 6.54 Å². The number of anilines is 1. The second kappa shape index (κ2) is 9.01. The van der Waals surface area contributed by atoms with Crippen molar-refractivity contribution in [2.75, 3.05) is 4.72 Å². The van der Waals surface area contributed by atoms with Gasteiger partial charge in [-0.25, -0.2) is 8.42 Å². The summed E-state index contributed by atoms with van der Waals surface area (Å²) in [5, 5.41) is 3.89. The van der Waals surface area contributed by atoms with E-state index in [0.717, 1.165) is 16.5 Å². The van der Waals surface area contributed by atoms with Crippen LogP contribution in [0.4, 0.5) is 5.69 Å². The highest BCUT2D eigenvalue weighted by Gasteiger charge is 2.14. The molecule has 0 spiro atoms. The molecule has 28 heavy (non-hydrogen) atoms. The van der Waals surface area contributed by atoms with Crippen molar-refractivity contribution in [3.63, 3.8) is 0 Å². The second-order valence-electron chi connectivity index (χ2n) is 6.07. The molecule has 6 heteroatoms. The molecule has 0 saturated carbocycles. The van der Waals surface area contributed by atoms with E-state index in [1.165, 1.54) is 6.08 Å². The van der Waals surface area contributed by atoms with Gasteiger partial charge in [-0.3, -0.25) is 9.52 Å². The van der Waals surface area contributed by atoms with Crippen LogP contribution in [0.1, 0.15) is 21.5 Å². The molecule has 0 heterocycles. The summed E-state index contributed by atoms with van der Waals surface area (Å²) in [6.07, 6.45) is 1.50. The van der Waals surface area contributed by atoms with E-state index in [4.69, 9.17) is 0 Å². The Hall–Kier alpha value is -3.38. The lowest BCUT2D eigenvalue weighted by Gasteiger charge is -2.11. The number of hydrogen-bond donors (Lipinski definition) is 2. The van der Waals surface area contributed by atoms with Crippen molar-refractivity contribution in [1.82, 2.24) is 5.32 Å². The monoisotopic (exact) mass is 392 g/mol. The lowest BCUT2D eigenvalue weighted by molar-refractivity contribution is 0.0952. The number of nitrogens with one attached hydrogen (secondary N) is 2. The summed E-state index contributed by atoms with van der Waals surface area (Å²) in [7, 11) is -3.77. The topological polar surface area (TPSA) is 75.3 Å². The average molecular weight is 392 g/mol. The van der Waals surface area contributed by atoms with Gasteiger partial charge in [0, 0.05) is 6.54 Å². The van der Waals surface area contributed by atoms with Crippen LogP contribution in [0.5, 0.6) is 0 Å². The summed E-state index contributed by atoms with van der Waals surface area (Å²) >= 11 is 0. The minimum atomic E-state index is -3.77. The number of hydrogen-bond acceptors (Lipinski definition) is 3. The van der Waals surface area contributed by atoms with E-state index in [9.17, 15) is 13.2 Å². The van der Waals surface area contributed by atoms with E-state index in [0.29, 0.717) is 6.54 Å². The zero-order chi connectivity index (χ0) is 19.8. The first kappa shape index (κ1) is 19.4. The van der Waals surface area contributed by atoms with Gasteiger partial charge in [0.2, 0.25) is 0 Å². The number of rotatable bonds is 7. The Bertz CT molecular complexity index is 1060. The largest absolute Gasteiger partial charge is 0.348 e. The molecule has 2 N–H and O–H groups in total. The fraction of sp³-hybridized carbons (Fsp3) is 0.0455. The molecular formula is C22H20N2O3S. The zero-order valence-electron chi connectivity index (χ0n) is 15.1. The van der Waals surface area contributed by atoms with Crippen LogP contribution in [0.3, 0.4) is 0 Å². The maximum absolute atomic E-state index is 12.5. The summed E-state index contributed by atoms with van der Waals surface area (Å²) in [6.45, 7) is 0.356.